The number of ether oxygens (including phenoxy) is 1. The molecule has 0 rings (SSSR count). The number of hydrogen-bond acceptors (Lipinski definition) is 3. The van der Waals surface area contributed by atoms with Gasteiger partial charge in [-0.2, -0.15) is 5.26 Å². The van der Waals surface area contributed by atoms with Crippen LogP contribution in [0.15, 0.2) is 0 Å². The maximum absolute atomic E-state index is 8.43. The summed E-state index contributed by atoms with van der Waals surface area (Å²) in [5, 5.41) is 11.3. The van der Waals surface area contributed by atoms with Crippen LogP contribution < -0.4 is 5.32 Å². The third-order valence-corrected chi connectivity index (χ3v) is 1.14. The number of nitrogens with one attached hydrogen (secondary N) is 1. The van der Waals surface area contributed by atoms with E-state index in [2.05, 4.69) is 11.4 Å². The van der Waals surface area contributed by atoms with Gasteiger partial charge >= 0.3 is 0 Å². The van der Waals surface area contributed by atoms with Crippen LogP contribution in [0.5, 0.6) is 0 Å². The molecule has 0 radical (unpaired) electrons. The van der Waals surface area contributed by atoms with Crippen molar-refractivity contribution in [1.29, 1.82) is 5.26 Å². The first-order valence-corrected chi connectivity index (χ1v) is 3.49. The lowest BCUT2D eigenvalue weighted by Gasteiger charge is -2.06. The van der Waals surface area contributed by atoms with Crippen molar-refractivity contribution in [2.45, 2.75) is 19.4 Å². The number of likely N-dealkylation sites (N-methyl/N-ethyl adjacent to an activating group) is 1. The summed E-state index contributed by atoms with van der Waals surface area (Å²) in [4.78, 5) is 0. The molecule has 0 aromatic heterocycles. The zero-order chi connectivity index (χ0) is 7.82. The average Bonchev–Trinajstić information content (AvgIpc) is 1.99. The molecular formula is C7H14N2O. The van der Waals surface area contributed by atoms with Gasteiger partial charge in [-0.3, -0.25) is 0 Å². The second kappa shape index (κ2) is 6.53. The summed E-state index contributed by atoms with van der Waals surface area (Å²) in [6.07, 6.45) is 1.00. The average molecular weight is 142 g/mol. The quantitative estimate of drug-likeness (QED) is 0.569. The molecule has 3 nitrogen and oxygen atoms in total. The Morgan fingerprint density at radius 2 is 2.40 bits per heavy atom. The van der Waals surface area contributed by atoms with Crippen molar-refractivity contribution >= 4 is 0 Å². The Hall–Kier alpha value is -0.590. The molecule has 1 unspecified atom stereocenters. The first kappa shape index (κ1) is 9.41. The molecule has 0 spiro atoms. The highest BCUT2D eigenvalue weighted by atomic mass is 16.5. The van der Waals surface area contributed by atoms with E-state index in [-0.39, 0.29) is 6.04 Å². The lowest BCUT2D eigenvalue weighted by atomic mass is 10.3. The van der Waals surface area contributed by atoms with E-state index in [1.807, 2.05) is 6.92 Å². The summed E-state index contributed by atoms with van der Waals surface area (Å²) >= 11 is 0. The molecule has 0 saturated carbocycles. The van der Waals surface area contributed by atoms with Crippen LogP contribution in [-0.2, 0) is 4.74 Å². The van der Waals surface area contributed by atoms with Gasteiger partial charge in [0.15, 0.2) is 0 Å². The zero-order valence-corrected chi connectivity index (χ0v) is 6.55. The van der Waals surface area contributed by atoms with Crippen molar-refractivity contribution in [2.75, 3.05) is 20.3 Å². The van der Waals surface area contributed by atoms with E-state index in [1.54, 1.807) is 7.05 Å². The monoisotopic (exact) mass is 142 g/mol. The lowest BCUT2D eigenvalue weighted by Crippen LogP contribution is -2.28. The van der Waals surface area contributed by atoms with Gasteiger partial charge in [-0.25, -0.2) is 0 Å². The third-order valence-electron chi connectivity index (χ3n) is 1.14. The van der Waals surface area contributed by atoms with Crippen LogP contribution in [0.1, 0.15) is 13.3 Å². The molecule has 0 bridgehead atoms. The van der Waals surface area contributed by atoms with E-state index in [0.29, 0.717) is 6.61 Å². The van der Waals surface area contributed by atoms with Crippen LogP contribution in [-0.4, -0.2) is 26.3 Å². The van der Waals surface area contributed by atoms with E-state index in [0.717, 1.165) is 13.0 Å². The lowest BCUT2D eigenvalue weighted by molar-refractivity contribution is 0.125. The topological polar surface area (TPSA) is 45.0 Å². The number of nitrogens with zero attached hydrogens (tertiary/aromatic N) is 1. The minimum Gasteiger partial charge on any atom is -0.379 e. The van der Waals surface area contributed by atoms with Gasteiger partial charge in [0, 0.05) is 6.61 Å². The van der Waals surface area contributed by atoms with Gasteiger partial charge in [-0.15, -0.1) is 0 Å². The molecule has 0 fully saturated rings. The SMILES string of the molecule is CCCOCC(C#N)NC. The molecule has 58 valence electrons. The Bertz CT molecular complexity index is 109. The highest BCUT2D eigenvalue weighted by molar-refractivity contribution is 4.88. The van der Waals surface area contributed by atoms with Crippen molar-refractivity contribution in [1.82, 2.24) is 5.32 Å². The van der Waals surface area contributed by atoms with Gasteiger partial charge in [0.2, 0.25) is 0 Å². The summed E-state index contributed by atoms with van der Waals surface area (Å²) < 4.78 is 5.14. The van der Waals surface area contributed by atoms with Gasteiger partial charge < -0.3 is 10.1 Å². The minimum absolute atomic E-state index is 0.161. The van der Waals surface area contributed by atoms with Gasteiger partial charge in [-0.1, -0.05) is 6.92 Å². The second-order valence-corrected chi connectivity index (χ2v) is 2.05. The molecular weight excluding hydrogens is 128 g/mol. The molecule has 10 heavy (non-hydrogen) atoms. The normalized spacial score (nSPS) is 12.5. The Balaban J connectivity index is 3.20. The smallest absolute Gasteiger partial charge is 0.119 e. The molecule has 1 atom stereocenters. The maximum Gasteiger partial charge on any atom is 0.119 e. The molecule has 0 saturated heterocycles. The van der Waals surface area contributed by atoms with E-state index >= 15 is 0 Å². The third kappa shape index (κ3) is 4.30. The fourth-order valence-electron chi connectivity index (χ4n) is 0.531. The summed E-state index contributed by atoms with van der Waals surface area (Å²) in [5.74, 6) is 0. The van der Waals surface area contributed by atoms with Crippen LogP contribution >= 0.6 is 0 Å². The Labute approximate surface area is 62.0 Å². The largest absolute Gasteiger partial charge is 0.379 e. The fraction of sp³-hybridized carbons (Fsp3) is 0.857. The molecule has 0 amide bonds. The Morgan fingerprint density at radius 1 is 1.70 bits per heavy atom. The van der Waals surface area contributed by atoms with Crippen LogP contribution in [0, 0.1) is 11.3 Å². The van der Waals surface area contributed by atoms with Crippen molar-refractivity contribution < 1.29 is 4.74 Å². The van der Waals surface area contributed by atoms with Crippen LogP contribution in [0.2, 0.25) is 0 Å². The van der Waals surface area contributed by atoms with Crippen LogP contribution in [0.4, 0.5) is 0 Å². The maximum atomic E-state index is 8.43. The highest BCUT2D eigenvalue weighted by Crippen LogP contribution is 1.84. The first-order chi connectivity index (χ1) is 4.85. The predicted molar refractivity (Wildman–Crippen MR) is 39.6 cm³/mol. The van der Waals surface area contributed by atoms with Gasteiger partial charge in [-0.05, 0) is 13.5 Å². The van der Waals surface area contributed by atoms with E-state index in [1.165, 1.54) is 0 Å². The van der Waals surface area contributed by atoms with Crippen molar-refractivity contribution in [3.63, 3.8) is 0 Å². The van der Waals surface area contributed by atoms with Gasteiger partial charge in [0.1, 0.15) is 6.04 Å². The molecule has 0 aliphatic rings. The summed E-state index contributed by atoms with van der Waals surface area (Å²) in [6.45, 7) is 3.27. The zero-order valence-electron chi connectivity index (χ0n) is 6.55. The van der Waals surface area contributed by atoms with E-state index in [9.17, 15) is 0 Å². The standard InChI is InChI=1S/C7H14N2O/c1-3-4-10-6-7(5-8)9-2/h7,9H,3-4,6H2,1-2H3. The minimum atomic E-state index is -0.161. The van der Waals surface area contributed by atoms with Crippen molar-refractivity contribution in [3.8, 4) is 6.07 Å². The summed E-state index contributed by atoms with van der Waals surface area (Å²) in [6, 6.07) is 1.91. The van der Waals surface area contributed by atoms with Gasteiger partial charge in [0.05, 0.1) is 12.7 Å². The molecule has 0 heterocycles. The Kier molecular flexibility index (Phi) is 6.14. The molecule has 3 heteroatoms. The van der Waals surface area contributed by atoms with E-state index < -0.39 is 0 Å². The molecule has 0 aliphatic heterocycles. The molecule has 0 aromatic carbocycles. The number of hydrogen-bond donors (Lipinski definition) is 1. The molecule has 0 aliphatic carbocycles. The van der Waals surface area contributed by atoms with E-state index in [4.69, 9.17) is 10.00 Å². The summed E-state index contributed by atoms with van der Waals surface area (Å²) in [5.41, 5.74) is 0. The second-order valence-electron chi connectivity index (χ2n) is 2.05. The summed E-state index contributed by atoms with van der Waals surface area (Å²) in [7, 11) is 1.75. The van der Waals surface area contributed by atoms with Gasteiger partial charge in [0.25, 0.3) is 0 Å². The number of rotatable bonds is 5. The first-order valence-electron chi connectivity index (χ1n) is 3.49. The molecule has 1 N–H and O–H groups in total. The highest BCUT2D eigenvalue weighted by Gasteiger charge is 2.01. The van der Waals surface area contributed by atoms with Crippen molar-refractivity contribution in [2.24, 2.45) is 0 Å². The van der Waals surface area contributed by atoms with Crippen LogP contribution in [0.25, 0.3) is 0 Å². The fourth-order valence-corrected chi connectivity index (χ4v) is 0.531. The van der Waals surface area contributed by atoms with Crippen LogP contribution in [0.3, 0.4) is 0 Å². The number of nitriles is 1. The predicted octanol–water partition coefficient (Wildman–Crippen LogP) is 0.525. The Morgan fingerprint density at radius 3 is 2.80 bits per heavy atom. The molecule has 0 aromatic rings. The van der Waals surface area contributed by atoms with Crippen molar-refractivity contribution in [3.05, 3.63) is 0 Å².